The monoisotopic (exact) mass is 231 g/mol. The molecule has 1 rings (SSSR count). The van der Waals surface area contributed by atoms with E-state index in [9.17, 15) is 8.42 Å². The Labute approximate surface area is 90.7 Å². The van der Waals surface area contributed by atoms with Crippen molar-refractivity contribution in [1.82, 2.24) is 4.72 Å². The zero-order chi connectivity index (χ0) is 11.6. The standard InChI is InChI=1S/C10H17NO3S/c1-7(2)15(12,13)11-6-10-5-8(3)14-9(10)4/h5,7,11H,6H2,1-4H3. The smallest absolute Gasteiger partial charge is 0.214 e. The highest BCUT2D eigenvalue weighted by molar-refractivity contribution is 7.90. The van der Waals surface area contributed by atoms with E-state index in [4.69, 9.17) is 4.42 Å². The fourth-order valence-electron chi connectivity index (χ4n) is 1.20. The average Bonchev–Trinajstić information content (AvgIpc) is 2.41. The van der Waals surface area contributed by atoms with Crippen molar-refractivity contribution >= 4 is 10.0 Å². The van der Waals surface area contributed by atoms with Crippen LogP contribution in [0.2, 0.25) is 0 Å². The summed E-state index contributed by atoms with van der Waals surface area (Å²) in [6, 6.07) is 1.85. The van der Waals surface area contributed by atoms with Crippen LogP contribution in [-0.2, 0) is 16.6 Å². The Morgan fingerprint density at radius 1 is 1.40 bits per heavy atom. The Morgan fingerprint density at radius 2 is 2.00 bits per heavy atom. The maximum atomic E-state index is 11.5. The fourth-order valence-corrected chi connectivity index (χ4v) is 1.89. The Balaban J connectivity index is 2.70. The second-order valence-electron chi connectivity index (χ2n) is 3.85. The van der Waals surface area contributed by atoms with Crippen molar-refractivity contribution in [2.75, 3.05) is 0 Å². The molecule has 4 nitrogen and oxygen atoms in total. The number of hydrogen-bond acceptors (Lipinski definition) is 3. The zero-order valence-electron chi connectivity index (χ0n) is 9.49. The van der Waals surface area contributed by atoms with Gasteiger partial charge in [0.2, 0.25) is 10.0 Å². The molecule has 5 heteroatoms. The van der Waals surface area contributed by atoms with E-state index in [1.165, 1.54) is 0 Å². The van der Waals surface area contributed by atoms with Gasteiger partial charge >= 0.3 is 0 Å². The lowest BCUT2D eigenvalue weighted by molar-refractivity contribution is 0.500. The maximum Gasteiger partial charge on any atom is 0.214 e. The van der Waals surface area contributed by atoms with E-state index in [-0.39, 0.29) is 0 Å². The van der Waals surface area contributed by atoms with Crippen LogP contribution in [0.4, 0.5) is 0 Å². The molecule has 1 heterocycles. The van der Waals surface area contributed by atoms with Crippen molar-refractivity contribution in [3.05, 3.63) is 23.2 Å². The molecule has 0 radical (unpaired) electrons. The largest absolute Gasteiger partial charge is 0.466 e. The van der Waals surface area contributed by atoms with Crippen molar-refractivity contribution < 1.29 is 12.8 Å². The number of aryl methyl sites for hydroxylation is 2. The molecule has 0 bridgehead atoms. The highest BCUT2D eigenvalue weighted by atomic mass is 32.2. The van der Waals surface area contributed by atoms with Crippen LogP contribution in [-0.4, -0.2) is 13.7 Å². The summed E-state index contributed by atoms with van der Waals surface area (Å²) in [4.78, 5) is 0. The Bertz CT molecular complexity index is 432. The first-order valence-electron chi connectivity index (χ1n) is 4.87. The van der Waals surface area contributed by atoms with E-state index >= 15 is 0 Å². The predicted octanol–water partition coefficient (Wildman–Crippen LogP) is 1.72. The van der Waals surface area contributed by atoms with Gasteiger partial charge in [0.25, 0.3) is 0 Å². The molecule has 0 atom stereocenters. The van der Waals surface area contributed by atoms with Gasteiger partial charge in [-0.2, -0.15) is 0 Å². The third-order valence-electron chi connectivity index (χ3n) is 2.23. The number of furan rings is 1. The van der Waals surface area contributed by atoms with Gasteiger partial charge in [0.05, 0.1) is 5.25 Å². The van der Waals surface area contributed by atoms with Crippen molar-refractivity contribution in [3.63, 3.8) is 0 Å². The van der Waals surface area contributed by atoms with Gasteiger partial charge in [0.1, 0.15) is 11.5 Å². The molecule has 0 aliphatic rings. The first-order valence-corrected chi connectivity index (χ1v) is 6.42. The van der Waals surface area contributed by atoms with Crippen molar-refractivity contribution in [3.8, 4) is 0 Å². The third kappa shape index (κ3) is 3.07. The average molecular weight is 231 g/mol. The molecule has 15 heavy (non-hydrogen) atoms. The van der Waals surface area contributed by atoms with Gasteiger partial charge in [-0.1, -0.05) is 0 Å². The van der Waals surface area contributed by atoms with E-state index in [0.29, 0.717) is 6.54 Å². The third-order valence-corrected chi connectivity index (χ3v) is 4.02. The number of nitrogens with one attached hydrogen (secondary N) is 1. The zero-order valence-corrected chi connectivity index (χ0v) is 10.3. The summed E-state index contributed by atoms with van der Waals surface area (Å²) in [7, 11) is -3.20. The lowest BCUT2D eigenvalue weighted by atomic mass is 10.2. The molecule has 0 fully saturated rings. The normalized spacial score (nSPS) is 12.3. The summed E-state index contributed by atoms with van der Waals surface area (Å²) >= 11 is 0. The summed E-state index contributed by atoms with van der Waals surface area (Å²) in [5, 5.41) is -0.411. The van der Waals surface area contributed by atoms with Crippen LogP contribution in [0.1, 0.15) is 30.9 Å². The number of sulfonamides is 1. The lowest BCUT2D eigenvalue weighted by Gasteiger charge is -2.08. The van der Waals surface area contributed by atoms with Crippen LogP contribution in [0.15, 0.2) is 10.5 Å². The second kappa shape index (κ2) is 4.37. The molecular weight excluding hydrogens is 214 g/mol. The van der Waals surface area contributed by atoms with Crippen LogP contribution in [0.5, 0.6) is 0 Å². The van der Waals surface area contributed by atoms with Gasteiger partial charge in [0.15, 0.2) is 0 Å². The molecule has 0 aliphatic heterocycles. The number of rotatable bonds is 4. The van der Waals surface area contributed by atoms with Crippen LogP contribution in [0.3, 0.4) is 0 Å². The minimum Gasteiger partial charge on any atom is -0.466 e. The summed E-state index contributed by atoms with van der Waals surface area (Å²) < 4.78 is 30.8. The van der Waals surface area contributed by atoms with Crippen molar-refractivity contribution in [2.45, 2.75) is 39.5 Å². The lowest BCUT2D eigenvalue weighted by Crippen LogP contribution is -2.30. The van der Waals surface area contributed by atoms with Crippen LogP contribution < -0.4 is 4.72 Å². The van der Waals surface area contributed by atoms with Crippen LogP contribution >= 0.6 is 0 Å². The van der Waals surface area contributed by atoms with Gasteiger partial charge in [-0.25, -0.2) is 13.1 Å². The van der Waals surface area contributed by atoms with Gasteiger partial charge in [0, 0.05) is 12.1 Å². The van der Waals surface area contributed by atoms with E-state index in [1.54, 1.807) is 13.8 Å². The SMILES string of the molecule is Cc1cc(CNS(=O)(=O)C(C)C)c(C)o1. The van der Waals surface area contributed by atoms with Gasteiger partial charge in [-0.3, -0.25) is 0 Å². The topological polar surface area (TPSA) is 59.3 Å². The molecule has 0 spiro atoms. The molecule has 0 aromatic carbocycles. The molecule has 0 amide bonds. The first-order chi connectivity index (χ1) is 6.83. The van der Waals surface area contributed by atoms with Gasteiger partial charge in [-0.15, -0.1) is 0 Å². The van der Waals surface area contributed by atoms with Gasteiger partial charge < -0.3 is 4.42 Å². The summed E-state index contributed by atoms with van der Waals surface area (Å²) in [5.74, 6) is 1.56. The van der Waals surface area contributed by atoms with Crippen LogP contribution in [0, 0.1) is 13.8 Å². The summed E-state index contributed by atoms with van der Waals surface area (Å²) in [6.45, 7) is 7.26. The summed E-state index contributed by atoms with van der Waals surface area (Å²) in [6.07, 6.45) is 0. The van der Waals surface area contributed by atoms with Crippen molar-refractivity contribution in [1.29, 1.82) is 0 Å². The minimum absolute atomic E-state index is 0.295. The molecule has 86 valence electrons. The summed E-state index contributed by atoms with van der Waals surface area (Å²) in [5.41, 5.74) is 0.886. The maximum absolute atomic E-state index is 11.5. The van der Waals surface area contributed by atoms with Gasteiger partial charge in [-0.05, 0) is 33.8 Å². The quantitative estimate of drug-likeness (QED) is 0.858. The van der Waals surface area contributed by atoms with E-state index in [2.05, 4.69) is 4.72 Å². The second-order valence-corrected chi connectivity index (χ2v) is 6.17. The Kier molecular flexibility index (Phi) is 3.57. The Morgan fingerprint density at radius 3 is 2.40 bits per heavy atom. The molecular formula is C10H17NO3S. The highest BCUT2D eigenvalue weighted by Gasteiger charge is 2.16. The minimum atomic E-state index is -3.20. The van der Waals surface area contributed by atoms with Crippen LogP contribution in [0.25, 0.3) is 0 Å². The van der Waals surface area contributed by atoms with E-state index < -0.39 is 15.3 Å². The molecule has 0 saturated heterocycles. The molecule has 1 N–H and O–H groups in total. The fraction of sp³-hybridized carbons (Fsp3) is 0.600. The first kappa shape index (κ1) is 12.3. The molecule has 1 aromatic rings. The molecule has 0 aliphatic carbocycles. The van der Waals surface area contributed by atoms with Crippen molar-refractivity contribution in [2.24, 2.45) is 0 Å². The van der Waals surface area contributed by atoms with E-state index in [0.717, 1.165) is 17.1 Å². The van der Waals surface area contributed by atoms with E-state index in [1.807, 2.05) is 19.9 Å². The number of hydrogen-bond donors (Lipinski definition) is 1. The Hall–Kier alpha value is -0.810. The molecule has 0 saturated carbocycles. The molecule has 0 unspecified atom stereocenters. The highest BCUT2D eigenvalue weighted by Crippen LogP contribution is 2.13. The molecule has 1 aromatic heterocycles. The predicted molar refractivity (Wildman–Crippen MR) is 59.1 cm³/mol.